The highest BCUT2D eigenvalue weighted by Crippen LogP contribution is 2.32. The highest BCUT2D eigenvalue weighted by Gasteiger charge is 2.24. The van der Waals surface area contributed by atoms with Crippen molar-refractivity contribution in [1.82, 2.24) is 15.3 Å². The molecule has 0 radical (unpaired) electrons. The molecule has 0 aliphatic carbocycles. The average Bonchev–Trinajstić information content (AvgIpc) is 3.29. The van der Waals surface area contributed by atoms with Crippen LogP contribution in [0.1, 0.15) is 12.8 Å². The highest BCUT2D eigenvalue weighted by molar-refractivity contribution is 7.99. The van der Waals surface area contributed by atoms with E-state index >= 15 is 0 Å². The number of nitrogens with two attached hydrogens (primary N) is 1. The summed E-state index contributed by atoms with van der Waals surface area (Å²) in [4.78, 5) is 19.7. The van der Waals surface area contributed by atoms with Gasteiger partial charge >= 0.3 is 0 Å². The molecule has 3 N–H and O–H groups in total. The molecule has 0 unspecified atom stereocenters. The molecule has 0 bridgehead atoms. The lowest BCUT2D eigenvalue weighted by Gasteiger charge is -2.10. The van der Waals surface area contributed by atoms with Crippen molar-refractivity contribution in [3.63, 3.8) is 0 Å². The Morgan fingerprint density at radius 3 is 2.93 bits per heavy atom. The number of amides is 1. The van der Waals surface area contributed by atoms with Gasteiger partial charge in [-0.3, -0.25) is 4.79 Å². The SMILES string of the molecule is Nc1nc(SCC(=O)NC[C@H]2CCCO2)ncc1S(=O)(=O)c1ccc(Cl)s1. The molecule has 2 aromatic rings. The van der Waals surface area contributed by atoms with Gasteiger partial charge < -0.3 is 15.8 Å². The second-order valence-electron chi connectivity index (χ2n) is 5.69. The molecule has 8 nitrogen and oxygen atoms in total. The van der Waals surface area contributed by atoms with Gasteiger partial charge in [-0.1, -0.05) is 23.4 Å². The second kappa shape index (κ2) is 8.74. The summed E-state index contributed by atoms with van der Waals surface area (Å²) >= 11 is 7.81. The number of ether oxygens (including phenoxy) is 1. The molecular formula is C15H17ClN4O4S3. The van der Waals surface area contributed by atoms with Crippen molar-refractivity contribution >= 4 is 56.3 Å². The van der Waals surface area contributed by atoms with E-state index in [9.17, 15) is 13.2 Å². The second-order valence-corrected chi connectivity index (χ2v) is 10.5. The summed E-state index contributed by atoms with van der Waals surface area (Å²) in [6.07, 6.45) is 3.17. The first kappa shape index (κ1) is 20.3. The molecule has 27 heavy (non-hydrogen) atoms. The molecule has 1 aliphatic heterocycles. The van der Waals surface area contributed by atoms with Crippen LogP contribution in [0.3, 0.4) is 0 Å². The van der Waals surface area contributed by atoms with E-state index in [1.54, 1.807) is 0 Å². The number of thiophene rings is 1. The molecule has 1 amide bonds. The molecule has 146 valence electrons. The zero-order valence-electron chi connectivity index (χ0n) is 14.1. The predicted octanol–water partition coefficient (Wildman–Crippen LogP) is 1.99. The van der Waals surface area contributed by atoms with E-state index in [1.807, 2.05) is 0 Å². The standard InChI is InChI=1S/C15H17ClN4O4S3/c16-11-3-4-13(26-11)27(22,23)10-7-19-15(20-14(10)17)25-8-12(21)18-6-9-2-1-5-24-9/h3-4,7,9H,1-2,5-6,8H2,(H,18,21)(H2,17,19,20)/t9-/m1/s1. The Labute approximate surface area is 169 Å². The highest BCUT2D eigenvalue weighted by atomic mass is 35.5. The van der Waals surface area contributed by atoms with Crippen molar-refractivity contribution in [3.05, 3.63) is 22.7 Å². The van der Waals surface area contributed by atoms with Gasteiger partial charge in [0.15, 0.2) is 5.16 Å². The van der Waals surface area contributed by atoms with Crippen molar-refractivity contribution in [1.29, 1.82) is 0 Å². The van der Waals surface area contributed by atoms with Crippen LogP contribution in [-0.4, -0.2) is 49.3 Å². The fourth-order valence-electron chi connectivity index (χ4n) is 2.41. The van der Waals surface area contributed by atoms with Crippen LogP contribution in [-0.2, 0) is 19.4 Å². The van der Waals surface area contributed by atoms with Gasteiger partial charge in [0, 0.05) is 13.2 Å². The minimum atomic E-state index is -3.83. The summed E-state index contributed by atoms with van der Waals surface area (Å²) in [6.45, 7) is 1.21. The molecule has 2 aromatic heterocycles. The van der Waals surface area contributed by atoms with E-state index in [2.05, 4.69) is 15.3 Å². The van der Waals surface area contributed by atoms with Gasteiger partial charge in [0.2, 0.25) is 15.7 Å². The summed E-state index contributed by atoms with van der Waals surface area (Å²) in [5.41, 5.74) is 5.81. The minimum Gasteiger partial charge on any atom is -0.382 e. The zero-order valence-corrected chi connectivity index (χ0v) is 17.3. The number of rotatable bonds is 7. The maximum atomic E-state index is 12.6. The van der Waals surface area contributed by atoms with Crippen LogP contribution >= 0.6 is 34.7 Å². The van der Waals surface area contributed by atoms with Crippen LogP contribution in [0.2, 0.25) is 4.34 Å². The van der Waals surface area contributed by atoms with Crippen LogP contribution in [0.15, 0.2) is 32.6 Å². The molecule has 1 fully saturated rings. The fourth-order valence-corrected chi connectivity index (χ4v) is 5.93. The van der Waals surface area contributed by atoms with Crippen LogP contribution in [0.25, 0.3) is 0 Å². The number of hydrogen-bond acceptors (Lipinski definition) is 9. The van der Waals surface area contributed by atoms with E-state index < -0.39 is 9.84 Å². The van der Waals surface area contributed by atoms with Crippen molar-refractivity contribution in [2.24, 2.45) is 0 Å². The molecule has 1 saturated heterocycles. The third-order valence-electron chi connectivity index (χ3n) is 3.75. The van der Waals surface area contributed by atoms with E-state index in [4.69, 9.17) is 22.1 Å². The summed E-state index contributed by atoms with van der Waals surface area (Å²) in [5, 5.41) is 3.02. The monoisotopic (exact) mass is 448 g/mol. The number of carbonyl (C=O) groups is 1. The first-order valence-electron chi connectivity index (χ1n) is 8.00. The number of hydrogen-bond donors (Lipinski definition) is 2. The quantitative estimate of drug-likeness (QED) is 0.486. The smallest absolute Gasteiger partial charge is 0.230 e. The number of aromatic nitrogens is 2. The van der Waals surface area contributed by atoms with E-state index in [-0.39, 0.29) is 37.8 Å². The lowest BCUT2D eigenvalue weighted by atomic mass is 10.2. The maximum Gasteiger partial charge on any atom is 0.230 e. The minimum absolute atomic E-state index is 0.0664. The molecule has 0 spiro atoms. The first-order valence-corrected chi connectivity index (χ1v) is 11.7. The molecular weight excluding hydrogens is 432 g/mol. The predicted molar refractivity (Wildman–Crippen MR) is 104 cm³/mol. The fraction of sp³-hybridized carbons (Fsp3) is 0.400. The molecule has 12 heteroatoms. The van der Waals surface area contributed by atoms with E-state index in [1.165, 1.54) is 12.1 Å². The maximum absolute atomic E-state index is 12.6. The van der Waals surface area contributed by atoms with Crippen molar-refractivity contribution < 1.29 is 17.9 Å². The Hall–Kier alpha value is -1.40. The zero-order chi connectivity index (χ0) is 19.4. The van der Waals surface area contributed by atoms with Crippen LogP contribution in [0, 0.1) is 0 Å². The van der Waals surface area contributed by atoms with Gasteiger partial charge in [-0.25, -0.2) is 18.4 Å². The van der Waals surface area contributed by atoms with Crippen molar-refractivity contribution in [2.75, 3.05) is 24.6 Å². The Balaban J connectivity index is 1.60. The average molecular weight is 449 g/mol. The Kier molecular flexibility index (Phi) is 6.58. The topological polar surface area (TPSA) is 124 Å². The Morgan fingerprint density at radius 1 is 1.48 bits per heavy atom. The Morgan fingerprint density at radius 2 is 2.30 bits per heavy atom. The molecule has 1 atom stereocenters. The number of nitrogen functional groups attached to an aromatic ring is 1. The van der Waals surface area contributed by atoms with Crippen LogP contribution in [0.5, 0.6) is 0 Å². The number of sulfone groups is 1. The van der Waals surface area contributed by atoms with E-state index in [0.717, 1.165) is 48.7 Å². The lowest BCUT2D eigenvalue weighted by Crippen LogP contribution is -2.32. The number of anilines is 1. The first-order chi connectivity index (χ1) is 12.9. The summed E-state index contributed by atoms with van der Waals surface area (Å²) in [5.74, 6) is -0.252. The molecule has 0 saturated carbocycles. The van der Waals surface area contributed by atoms with Gasteiger partial charge in [0.05, 0.1) is 22.4 Å². The lowest BCUT2D eigenvalue weighted by molar-refractivity contribution is -0.119. The van der Waals surface area contributed by atoms with Gasteiger partial charge in [-0.05, 0) is 25.0 Å². The number of carbonyl (C=O) groups excluding carboxylic acids is 1. The van der Waals surface area contributed by atoms with Gasteiger partial charge in [0.1, 0.15) is 14.9 Å². The van der Waals surface area contributed by atoms with Crippen LogP contribution < -0.4 is 11.1 Å². The van der Waals surface area contributed by atoms with Crippen molar-refractivity contribution in [3.8, 4) is 0 Å². The summed E-state index contributed by atoms with van der Waals surface area (Å²) in [7, 11) is -3.83. The van der Waals surface area contributed by atoms with Gasteiger partial charge in [-0.15, -0.1) is 11.3 Å². The third kappa shape index (κ3) is 5.11. The molecule has 3 heterocycles. The van der Waals surface area contributed by atoms with Gasteiger partial charge in [0.25, 0.3) is 0 Å². The molecule has 1 aliphatic rings. The van der Waals surface area contributed by atoms with E-state index in [0.29, 0.717) is 10.9 Å². The Bertz CT molecular complexity index is 929. The summed E-state index contributed by atoms with van der Waals surface area (Å²) in [6, 6.07) is 2.90. The number of thioether (sulfide) groups is 1. The largest absolute Gasteiger partial charge is 0.382 e. The molecule has 0 aromatic carbocycles. The molecule has 3 rings (SSSR count). The van der Waals surface area contributed by atoms with Gasteiger partial charge in [-0.2, -0.15) is 0 Å². The van der Waals surface area contributed by atoms with Crippen LogP contribution in [0.4, 0.5) is 5.82 Å². The summed E-state index contributed by atoms with van der Waals surface area (Å²) < 4.78 is 31.0. The third-order valence-corrected chi connectivity index (χ3v) is 8.10. The number of nitrogens with zero attached hydrogens (tertiary/aromatic N) is 2. The number of halogens is 1. The van der Waals surface area contributed by atoms with Crippen molar-refractivity contribution in [2.45, 2.75) is 33.2 Å². The number of nitrogens with one attached hydrogen (secondary N) is 1. The normalized spacial score (nSPS) is 17.1.